The number of halogens is 1. The molecule has 0 aliphatic rings. The third-order valence-corrected chi connectivity index (χ3v) is 5.05. The van der Waals surface area contributed by atoms with E-state index in [2.05, 4.69) is 26.2 Å². The van der Waals surface area contributed by atoms with Gasteiger partial charge in [-0.15, -0.1) is 11.3 Å². The molecule has 2 aromatic carbocycles. The van der Waals surface area contributed by atoms with Crippen LogP contribution in [0.2, 0.25) is 0 Å². The molecule has 0 saturated carbocycles. The van der Waals surface area contributed by atoms with E-state index in [0.29, 0.717) is 16.4 Å². The number of aromatic nitrogens is 1. The summed E-state index contributed by atoms with van der Waals surface area (Å²) in [6, 6.07) is 14.3. The van der Waals surface area contributed by atoms with E-state index in [1.54, 1.807) is 24.3 Å². The molecule has 1 aromatic heterocycles. The van der Waals surface area contributed by atoms with E-state index >= 15 is 0 Å². The van der Waals surface area contributed by atoms with Gasteiger partial charge in [-0.05, 0) is 43.3 Å². The van der Waals surface area contributed by atoms with Gasteiger partial charge in [-0.25, -0.2) is 4.98 Å². The smallest absolute Gasteiger partial charge is 0.257 e. The van der Waals surface area contributed by atoms with E-state index in [1.807, 2.05) is 31.2 Å². The Morgan fingerprint density at radius 1 is 1.15 bits per heavy atom. The molecule has 1 heterocycles. The first-order chi connectivity index (χ1) is 12.9. The summed E-state index contributed by atoms with van der Waals surface area (Å²) < 4.78 is 6.17. The number of amides is 2. The molecule has 0 radical (unpaired) electrons. The van der Waals surface area contributed by atoms with E-state index in [-0.39, 0.29) is 12.5 Å². The number of benzene rings is 2. The molecule has 0 unspecified atom stereocenters. The Bertz CT molecular complexity index is 969. The minimum Gasteiger partial charge on any atom is -0.484 e. The van der Waals surface area contributed by atoms with Gasteiger partial charge in [0.05, 0.1) is 5.69 Å². The topological polar surface area (TPSA) is 94.3 Å². The summed E-state index contributed by atoms with van der Waals surface area (Å²) >= 11 is 4.84. The number of primary amides is 1. The summed E-state index contributed by atoms with van der Waals surface area (Å²) in [4.78, 5) is 28.7. The number of ether oxygens (including phenoxy) is 1. The zero-order chi connectivity index (χ0) is 19.4. The molecule has 0 saturated heterocycles. The number of nitrogens with two attached hydrogens (primary N) is 1. The fourth-order valence-electron chi connectivity index (χ4n) is 2.35. The van der Waals surface area contributed by atoms with Gasteiger partial charge in [0.1, 0.15) is 5.75 Å². The van der Waals surface area contributed by atoms with Gasteiger partial charge in [0.2, 0.25) is 0 Å². The fraction of sp³-hybridized carbons (Fsp3) is 0.105. The lowest BCUT2D eigenvalue weighted by Crippen LogP contribution is -2.20. The molecule has 0 atom stereocenters. The first-order valence-electron chi connectivity index (χ1n) is 7.98. The van der Waals surface area contributed by atoms with Crippen molar-refractivity contribution >= 4 is 44.2 Å². The van der Waals surface area contributed by atoms with E-state index in [9.17, 15) is 9.59 Å². The normalized spacial score (nSPS) is 10.4. The lowest BCUT2D eigenvalue weighted by molar-refractivity contribution is -0.119. The van der Waals surface area contributed by atoms with Crippen LogP contribution in [0.4, 0.5) is 5.13 Å². The number of thiazole rings is 1. The Balaban J connectivity index is 1.70. The molecule has 27 heavy (non-hydrogen) atoms. The minimum atomic E-state index is -0.558. The largest absolute Gasteiger partial charge is 0.484 e. The molecule has 0 aliphatic heterocycles. The van der Waals surface area contributed by atoms with Gasteiger partial charge in [0, 0.05) is 20.5 Å². The highest BCUT2D eigenvalue weighted by molar-refractivity contribution is 9.10. The quantitative estimate of drug-likeness (QED) is 0.599. The number of anilines is 1. The van der Waals surface area contributed by atoms with Crippen molar-refractivity contribution in [3.63, 3.8) is 0 Å². The molecule has 0 spiro atoms. The number of hydrogen-bond donors (Lipinski definition) is 2. The average molecular weight is 446 g/mol. The fourth-order valence-corrected chi connectivity index (χ4v) is 3.45. The van der Waals surface area contributed by atoms with Crippen LogP contribution in [0, 0.1) is 6.92 Å². The molecule has 138 valence electrons. The van der Waals surface area contributed by atoms with Crippen molar-refractivity contribution in [2.24, 2.45) is 5.73 Å². The Morgan fingerprint density at radius 3 is 2.44 bits per heavy atom. The van der Waals surface area contributed by atoms with Crippen LogP contribution in [0.25, 0.3) is 11.3 Å². The number of hydrogen-bond acceptors (Lipinski definition) is 5. The lowest BCUT2D eigenvalue weighted by atomic mass is 10.1. The lowest BCUT2D eigenvalue weighted by Gasteiger charge is -2.05. The predicted octanol–water partition coefficient (Wildman–Crippen LogP) is 4.00. The van der Waals surface area contributed by atoms with Crippen molar-refractivity contribution in [1.82, 2.24) is 4.98 Å². The molecular formula is C19H16BrN3O3S. The van der Waals surface area contributed by atoms with Crippen LogP contribution < -0.4 is 15.8 Å². The molecule has 0 bridgehead atoms. The second-order valence-electron chi connectivity index (χ2n) is 5.66. The van der Waals surface area contributed by atoms with Gasteiger partial charge in [-0.2, -0.15) is 0 Å². The first kappa shape index (κ1) is 19.1. The van der Waals surface area contributed by atoms with Gasteiger partial charge in [-0.3, -0.25) is 14.9 Å². The number of nitrogens with zero attached hydrogens (tertiary/aromatic N) is 1. The van der Waals surface area contributed by atoms with E-state index in [4.69, 9.17) is 10.5 Å². The van der Waals surface area contributed by atoms with Gasteiger partial charge >= 0.3 is 0 Å². The van der Waals surface area contributed by atoms with Gasteiger partial charge in [-0.1, -0.05) is 28.1 Å². The molecule has 3 rings (SSSR count). The molecule has 0 aliphatic carbocycles. The van der Waals surface area contributed by atoms with Crippen LogP contribution >= 0.6 is 27.3 Å². The highest BCUT2D eigenvalue weighted by Crippen LogP contribution is 2.31. The summed E-state index contributed by atoms with van der Waals surface area (Å²) in [5, 5.41) is 3.35. The van der Waals surface area contributed by atoms with Crippen LogP contribution in [-0.4, -0.2) is 23.4 Å². The monoisotopic (exact) mass is 445 g/mol. The van der Waals surface area contributed by atoms with Crippen LogP contribution in [0.3, 0.4) is 0 Å². The number of carbonyl (C=O) groups is 2. The zero-order valence-corrected chi connectivity index (χ0v) is 16.8. The summed E-state index contributed by atoms with van der Waals surface area (Å²) in [5.41, 5.74) is 7.32. The molecule has 6 nitrogen and oxygen atoms in total. The predicted molar refractivity (Wildman–Crippen MR) is 109 cm³/mol. The highest BCUT2D eigenvalue weighted by Gasteiger charge is 2.13. The number of carbonyl (C=O) groups excluding carboxylic acids is 2. The summed E-state index contributed by atoms with van der Waals surface area (Å²) in [6.45, 7) is 1.76. The maximum absolute atomic E-state index is 12.4. The number of rotatable bonds is 6. The molecular weight excluding hydrogens is 430 g/mol. The SMILES string of the molecule is Cc1sc(NC(=O)c2ccc(OCC(N)=O)cc2)nc1-c1ccc(Br)cc1. The van der Waals surface area contributed by atoms with E-state index < -0.39 is 5.91 Å². The van der Waals surface area contributed by atoms with Gasteiger partial charge in [0.25, 0.3) is 11.8 Å². The average Bonchev–Trinajstić information content (AvgIpc) is 3.01. The van der Waals surface area contributed by atoms with Crippen molar-refractivity contribution < 1.29 is 14.3 Å². The third kappa shape index (κ3) is 4.93. The van der Waals surface area contributed by atoms with Crippen molar-refractivity contribution in [2.45, 2.75) is 6.92 Å². The van der Waals surface area contributed by atoms with Crippen molar-refractivity contribution in [3.05, 3.63) is 63.4 Å². The Morgan fingerprint density at radius 2 is 1.81 bits per heavy atom. The number of nitrogens with one attached hydrogen (secondary N) is 1. The van der Waals surface area contributed by atoms with Crippen LogP contribution in [-0.2, 0) is 4.79 Å². The van der Waals surface area contributed by atoms with Gasteiger partial charge < -0.3 is 10.5 Å². The number of aryl methyl sites for hydroxylation is 1. The summed E-state index contributed by atoms with van der Waals surface area (Å²) in [7, 11) is 0. The zero-order valence-electron chi connectivity index (χ0n) is 14.4. The van der Waals surface area contributed by atoms with Crippen molar-refractivity contribution in [1.29, 1.82) is 0 Å². The standard InChI is InChI=1S/C19H16BrN3O3S/c1-11-17(12-2-6-14(20)7-3-12)22-19(27-11)23-18(25)13-4-8-15(9-5-13)26-10-16(21)24/h2-9H,10H2,1H3,(H2,21,24)(H,22,23,25). The van der Waals surface area contributed by atoms with Crippen LogP contribution in [0.5, 0.6) is 5.75 Å². The van der Waals surface area contributed by atoms with Crippen LogP contribution in [0.15, 0.2) is 53.0 Å². The third-order valence-electron chi connectivity index (χ3n) is 3.63. The van der Waals surface area contributed by atoms with E-state index in [0.717, 1.165) is 20.6 Å². The second-order valence-corrected chi connectivity index (χ2v) is 7.78. The second kappa shape index (κ2) is 8.32. The molecule has 8 heteroatoms. The summed E-state index contributed by atoms with van der Waals surface area (Å²) in [6.07, 6.45) is 0. The maximum Gasteiger partial charge on any atom is 0.257 e. The van der Waals surface area contributed by atoms with Crippen molar-refractivity contribution in [2.75, 3.05) is 11.9 Å². The molecule has 3 N–H and O–H groups in total. The maximum atomic E-state index is 12.4. The highest BCUT2D eigenvalue weighted by atomic mass is 79.9. The van der Waals surface area contributed by atoms with Crippen LogP contribution in [0.1, 0.15) is 15.2 Å². The first-order valence-corrected chi connectivity index (χ1v) is 9.59. The van der Waals surface area contributed by atoms with Crippen molar-refractivity contribution in [3.8, 4) is 17.0 Å². The summed E-state index contributed by atoms with van der Waals surface area (Å²) in [5.74, 6) is -0.363. The molecule has 3 aromatic rings. The molecule has 0 fully saturated rings. The van der Waals surface area contributed by atoms with Gasteiger partial charge in [0.15, 0.2) is 11.7 Å². The van der Waals surface area contributed by atoms with E-state index in [1.165, 1.54) is 11.3 Å². The Hall–Kier alpha value is -2.71. The Kier molecular flexibility index (Phi) is 5.88. The Labute approximate surface area is 168 Å². The minimum absolute atomic E-state index is 0.206. The molecule has 2 amide bonds.